The molecule has 0 unspecified atom stereocenters. The van der Waals surface area contributed by atoms with Crippen molar-refractivity contribution >= 4 is 36.0 Å². The number of aromatic nitrogens is 1. The summed E-state index contributed by atoms with van der Waals surface area (Å²) < 4.78 is 5.41. The first-order chi connectivity index (χ1) is 16.1. The fourth-order valence-electron chi connectivity index (χ4n) is 3.94. The Balaban J connectivity index is 0.00000324. The lowest BCUT2D eigenvalue weighted by molar-refractivity contribution is 0.0378. The van der Waals surface area contributed by atoms with Crippen molar-refractivity contribution in [2.75, 3.05) is 31.1 Å². The van der Waals surface area contributed by atoms with Gasteiger partial charge in [-0.05, 0) is 49.2 Å². The summed E-state index contributed by atoms with van der Waals surface area (Å²) in [5.74, 6) is 1.40. The summed E-state index contributed by atoms with van der Waals surface area (Å²) >= 11 is 1.88. The van der Waals surface area contributed by atoms with E-state index >= 15 is 0 Å². The van der Waals surface area contributed by atoms with E-state index in [-0.39, 0.29) is 24.5 Å². The molecule has 1 aromatic heterocycles. The number of nitrogens with zero attached hydrogens (tertiary/aromatic N) is 3. The van der Waals surface area contributed by atoms with Gasteiger partial charge in [-0.25, -0.2) is 9.78 Å². The quantitative estimate of drug-likeness (QED) is 0.294. The van der Waals surface area contributed by atoms with Crippen LogP contribution in [0.15, 0.2) is 77.8 Å². The predicted molar refractivity (Wildman–Crippen MR) is 142 cm³/mol. The first-order valence-corrected chi connectivity index (χ1v) is 12.5. The number of hydrogen-bond donors (Lipinski definition) is 0. The second-order valence-electron chi connectivity index (χ2n) is 8.51. The second-order valence-corrected chi connectivity index (χ2v) is 9.56. The summed E-state index contributed by atoms with van der Waals surface area (Å²) in [5.41, 5.74) is 3.22. The highest BCUT2D eigenvalue weighted by atomic mass is 35.5. The first kappa shape index (κ1) is 26.1. The van der Waals surface area contributed by atoms with Crippen LogP contribution in [-0.4, -0.2) is 48.1 Å². The Hall–Kier alpha value is -2.54. The Morgan fingerprint density at radius 2 is 1.71 bits per heavy atom. The minimum Gasteiger partial charge on any atom is -0.459 e. The summed E-state index contributed by atoms with van der Waals surface area (Å²) in [4.78, 5) is 23.0. The Bertz CT molecular complexity index is 1060. The Morgan fingerprint density at radius 3 is 2.44 bits per heavy atom. The van der Waals surface area contributed by atoms with Crippen molar-refractivity contribution in [3.05, 3.63) is 89.6 Å². The van der Waals surface area contributed by atoms with Crippen LogP contribution in [0.4, 0.5) is 5.82 Å². The standard InChI is InChI=1S/C27H31N3O2S.ClH/c1-21(2)32-27(31)25-12-7-13-28-26(25)30-16-14-29(15-17-30)19-23-10-6-11-24(18-23)33-20-22-8-4-3-5-9-22;/h3-13,18,21H,14-17,19-20H2,1-2H3;1H. The van der Waals surface area contributed by atoms with Crippen molar-refractivity contribution in [1.82, 2.24) is 9.88 Å². The zero-order valence-electron chi connectivity index (χ0n) is 19.7. The van der Waals surface area contributed by atoms with Gasteiger partial charge in [-0.2, -0.15) is 0 Å². The average Bonchev–Trinajstić information content (AvgIpc) is 2.84. The van der Waals surface area contributed by atoms with Crippen LogP contribution in [0.5, 0.6) is 0 Å². The smallest absolute Gasteiger partial charge is 0.342 e. The van der Waals surface area contributed by atoms with E-state index in [2.05, 4.69) is 69.4 Å². The number of thioether (sulfide) groups is 1. The lowest BCUT2D eigenvalue weighted by atomic mass is 10.2. The van der Waals surface area contributed by atoms with Crippen LogP contribution >= 0.6 is 24.2 Å². The molecular formula is C27H32ClN3O2S. The molecular weight excluding hydrogens is 466 g/mol. The number of carbonyl (C=O) groups is 1. The van der Waals surface area contributed by atoms with Gasteiger partial charge in [0.2, 0.25) is 0 Å². The number of hydrogen-bond acceptors (Lipinski definition) is 6. The molecule has 0 atom stereocenters. The van der Waals surface area contributed by atoms with Gasteiger partial charge >= 0.3 is 5.97 Å². The lowest BCUT2D eigenvalue weighted by Crippen LogP contribution is -2.46. The number of pyridine rings is 1. The molecule has 5 nitrogen and oxygen atoms in total. The third-order valence-corrected chi connectivity index (χ3v) is 6.64. The summed E-state index contributed by atoms with van der Waals surface area (Å²) in [6, 6.07) is 23.0. The van der Waals surface area contributed by atoms with Crippen LogP contribution in [0, 0.1) is 0 Å². The molecule has 4 rings (SSSR count). The molecule has 180 valence electrons. The third-order valence-electron chi connectivity index (χ3n) is 5.57. The molecule has 0 saturated carbocycles. The Morgan fingerprint density at radius 1 is 0.971 bits per heavy atom. The number of rotatable bonds is 8. The van der Waals surface area contributed by atoms with Gasteiger partial charge in [-0.1, -0.05) is 42.5 Å². The zero-order valence-corrected chi connectivity index (χ0v) is 21.4. The molecule has 0 radical (unpaired) electrons. The van der Waals surface area contributed by atoms with Crippen LogP contribution in [0.3, 0.4) is 0 Å². The second kappa shape index (κ2) is 12.8. The number of esters is 1. The van der Waals surface area contributed by atoms with E-state index in [1.54, 1.807) is 18.3 Å². The van der Waals surface area contributed by atoms with E-state index in [9.17, 15) is 4.79 Å². The normalized spacial score (nSPS) is 14.0. The third kappa shape index (κ3) is 7.23. The van der Waals surface area contributed by atoms with Gasteiger partial charge in [0.05, 0.1) is 6.10 Å². The van der Waals surface area contributed by atoms with E-state index in [4.69, 9.17) is 4.74 Å². The van der Waals surface area contributed by atoms with Crippen molar-refractivity contribution in [3.63, 3.8) is 0 Å². The molecule has 7 heteroatoms. The Kier molecular flexibility index (Phi) is 9.81. The molecule has 1 fully saturated rings. The van der Waals surface area contributed by atoms with Gasteiger partial charge in [0.25, 0.3) is 0 Å². The van der Waals surface area contributed by atoms with Crippen LogP contribution < -0.4 is 4.90 Å². The van der Waals surface area contributed by atoms with Gasteiger partial charge in [-0.3, -0.25) is 4.90 Å². The van der Waals surface area contributed by atoms with Crippen molar-refractivity contribution in [3.8, 4) is 0 Å². The maximum atomic E-state index is 12.5. The largest absolute Gasteiger partial charge is 0.459 e. The average molecular weight is 498 g/mol. The summed E-state index contributed by atoms with van der Waals surface area (Å²) in [6.45, 7) is 8.18. The molecule has 0 aliphatic carbocycles. The highest BCUT2D eigenvalue weighted by Gasteiger charge is 2.23. The fourth-order valence-corrected chi connectivity index (χ4v) is 4.87. The van der Waals surface area contributed by atoms with Gasteiger partial charge in [0, 0.05) is 49.6 Å². The van der Waals surface area contributed by atoms with Gasteiger partial charge in [-0.15, -0.1) is 24.2 Å². The van der Waals surface area contributed by atoms with Crippen molar-refractivity contribution in [2.45, 2.75) is 37.1 Å². The fraction of sp³-hybridized carbons (Fsp3) is 0.333. The zero-order chi connectivity index (χ0) is 23.0. The molecule has 2 heterocycles. The minimum atomic E-state index is -0.305. The van der Waals surface area contributed by atoms with Crippen LogP contribution in [0.1, 0.15) is 35.3 Å². The number of benzene rings is 2. The molecule has 2 aromatic carbocycles. The molecule has 3 aromatic rings. The maximum Gasteiger partial charge on any atom is 0.342 e. The lowest BCUT2D eigenvalue weighted by Gasteiger charge is -2.36. The summed E-state index contributed by atoms with van der Waals surface area (Å²) in [7, 11) is 0. The van der Waals surface area contributed by atoms with Crippen molar-refractivity contribution in [2.24, 2.45) is 0 Å². The molecule has 0 N–H and O–H groups in total. The highest BCUT2D eigenvalue weighted by Crippen LogP contribution is 2.25. The highest BCUT2D eigenvalue weighted by molar-refractivity contribution is 7.98. The number of halogens is 1. The molecule has 0 spiro atoms. The molecule has 1 aliphatic rings. The van der Waals surface area contributed by atoms with Crippen molar-refractivity contribution < 1.29 is 9.53 Å². The van der Waals surface area contributed by atoms with Crippen molar-refractivity contribution in [1.29, 1.82) is 0 Å². The van der Waals surface area contributed by atoms with E-state index < -0.39 is 0 Å². The number of carbonyl (C=O) groups excluding carboxylic acids is 1. The molecule has 0 amide bonds. The molecule has 1 aliphatic heterocycles. The number of anilines is 1. The van der Waals surface area contributed by atoms with E-state index in [0.717, 1.165) is 44.3 Å². The molecule has 34 heavy (non-hydrogen) atoms. The summed E-state index contributed by atoms with van der Waals surface area (Å²) in [5, 5.41) is 0. The first-order valence-electron chi connectivity index (χ1n) is 11.5. The van der Waals surface area contributed by atoms with Crippen LogP contribution in [0.2, 0.25) is 0 Å². The van der Waals surface area contributed by atoms with Gasteiger partial charge in [0.1, 0.15) is 11.4 Å². The van der Waals surface area contributed by atoms with Crippen LogP contribution in [-0.2, 0) is 17.0 Å². The molecule has 0 bridgehead atoms. The topological polar surface area (TPSA) is 45.7 Å². The number of ether oxygens (including phenoxy) is 1. The maximum absolute atomic E-state index is 12.5. The minimum absolute atomic E-state index is 0. The SMILES string of the molecule is CC(C)OC(=O)c1cccnc1N1CCN(Cc2cccc(SCc3ccccc3)c2)CC1.Cl. The Labute approximate surface area is 212 Å². The molecule has 1 saturated heterocycles. The van der Waals surface area contributed by atoms with E-state index in [0.29, 0.717) is 5.56 Å². The number of piperazine rings is 1. The summed E-state index contributed by atoms with van der Waals surface area (Å²) in [6.07, 6.45) is 1.59. The van der Waals surface area contributed by atoms with E-state index in [1.807, 2.05) is 25.6 Å². The van der Waals surface area contributed by atoms with Gasteiger partial charge < -0.3 is 9.64 Å². The van der Waals surface area contributed by atoms with E-state index in [1.165, 1.54) is 16.0 Å². The predicted octanol–water partition coefficient (Wildman–Crippen LogP) is 5.68. The van der Waals surface area contributed by atoms with Gasteiger partial charge in [0.15, 0.2) is 0 Å². The monoisotopic (exact) mass is 497 g/mol. The van der Waals surface area contributed by atoms with Crippen LogP contribution in [0.25, 0.3) is 0 Å².